The van der Waals surface area contributed by atoms with E-state index in [0.29, 0.717) is 31.4 Å². The molecule has 0 saturated heterocycles. The molecule has 25 heavy (non-hydrogen) atoms. The zero-order valence-corrected chi connectivity index (χ0v) is 14.6. The molecule has 0 aliphatic heterocycles. The number of oxazole rings is 1. The molecule has 0 amide bonds. The number of aryl methyl sites for hydroxylation is 2. The van der Waals surface area contributed by atoms with Crippen molar-refractivity contribution in [3.05, 3.63) is 52.7 Å². The third-order valence-electron chi connectivity index (χ3n) is 4.27. The van der Waals surface area contributed by atoms with Crippen LogP contribution in [0, 0.1) is 25.5 Å². The number of hydrogen-bond donors (Lipinski definition) is 2. The highest BCUT2D eigenvalue weighted by atomic mass is 19.1. The van der Waals surface area contributed by atoms with Gasteiger partial charge in [-0.25, -0.2) is 18.8 Å². The molecule has 1 aromatic heterocycles. The largest absolute Gasteiger partial charge is 0.444 e. The van der Waals surface area contributed by atoms with Gasteiger partial charge in [0.05, 0.1) is 5.69 Å². The smallest absolute Gasteiger partial charge is 0.216 e. The molecule has 1 aromatic carbocycles. The summed E-state index contributed by atoms with van der Waals surface area (Å²) in [6, 6.07) is 3.92. The van der Waals surface area contributed by atoms with Gasteiger partial charge in [-0.15, -0.1) is 0 Å². The van der Waals surface area contributed by atoms with Gasteiger partial charge in [-0.1, -0.05) is 6.07 Å². The Morgan fingerprint density at radius 2 is 2.04 bits per heavy atom. The molecule has 1 aliphatic carbocycles. The van der Waals surface area contributed by atoms with Crippen LogP contribution in [0.15, 0.2) is 27.6 Å². The van der Waals surface area contributed by atoms with Crippen LogP contribution in [0.1, 0.15) is 42.2 Å². The summed E-state index contributed by atoms with van der Waals surface area (Å²) >= 11 is 0. The standard InChI is InChI=1S/C18H22F2N4O/c1-4-21-18(22-9-16-23-10(2)11(3)25-16)24-15-8-12(15)17-13(19)6-5-7-14(17)20/h5-7,12,15H,4,8-9H2,1-3H3,(H2,21,22,24). The van der Waals surface area contributed by atoms with Crippen molar-refractivity contribution in [2.75, 3.05) is 6.54 Å². The Bertz CT molecular complexity index is 748. The lowest BCUT2D eigenvalue weighted by atomic mass is 10.1. The first kappa shape index (κ1) is 17.4. The summed E-state index contributed by atoms with van der Waals surface area (Å²) in [5, 5.41) is 6.35. The summed E-state index contributed by atoms with van der Waals surface area (Å²) in [4.78, 5) is 8.74. The van der Waals surface area contributed by atoms with E-state index < -0.39 is 11.6 Å². The van der Waals surface area contributed by atoms with Crippen molar-refractivity contribution in [1.82, 2.24) is 15.6 Å². The van der Waals surface area contributed by atoms with Gasteiger partial charge < -0.3 is 15.1 Å². The van der Waals surface area contributed by atoms with E-state index in [4.69, 9.17) is 4.42 Å². The fourth-order valence-electron chi connectivity index (χ4n) is 2.79. The predicted molar refractivity (Wildman–Crippen MR) is 91.4 cm³/mol. The molecule has 2 N–H and O–H groups in total. The third-order valence-corrected chi connectivity index (χ3v) is 4.27. The van der Waals surface area contributed by atoms with Gasteiger partial charge >= 0.3 is 0 Å². The Labute approximate surface area is 145 Å². The minimum atomic E-state index is -0.498. The van der Waals surface area contributed by atoms with Crippen LogP contribution in [0.3, 0.4) is 0 Å². The van der Waals surface area contributed by atoms with Crippen LogP contribution in [0.2, 0.25) is 0 Å². The summed E-state index contributed by atoms with van der Waals surface area (Å²) in [7, 11) is 0. The molecule has 2 aromatic rings. The van der Waals surface area contributed by atoms with Crippen LogP contribution in [-0.2, 0) is 6.54 Å². The SMILES string of the molecule is CCNC(=NCc1nc(C)c(C)o1)NC1CC1c1c(F)cccc1F. The molecule has 1 aliphatic rings. The molecular weight excluding hydrogens is 326 g/mol. The van der Waals surface area contributed by atoms with Crippen LogP contribution in [0.5, 0.6) is 0 Å². The number of guanidine groups is 1. The molecule has 7 heteroatoms. The summed E-state index contributed by atoms with van der Waals surface area (Å²) in [5.41, 5.74) is 0.996. The van der Waals surface area contributed by atoms with E-state index in [1.54, 1.807) is 0 Å². The van der Waals surface area contributed by atoms with Crippen molar-refractivity contribution < 1.29 is 13.2 Å². The molecule has 0 radical (unpaired) electrons. The molecule has 0 bridgehead atoms. The monoisotopic (exact) mass is 348 g/mol. The number of aromatic nitrogens is 1. The zero-order chi connectivity index (χ0) is 18.0. The van der Waals surface area contributed by atoms with Crippen molar-refractivity contribution in [3.8, 4) is 0 Å². The van der Waals surface area contributed by atoms with Crippen LogP contribution in [-0.4, -0.2) is 23.5 Å². The van der Waals surface area contributed by atoms with E-state index in [1.807, 2.05) is 20.8 Å². The highest BCUT2D eigenvalue weighted by Gasteiger charge is 2.42. The van der Waals surface area contributed by atoms with E-state index in [9.17, 15) is 8.78 Å². The number of nitrogens with zero attached hydrogens (tertiary/aromatic N) is 2. The molecular formula is C18H22F2N4O. The minimum absolute atomic E-state index is 0.0442. The maximum Gasteiger partial charge on any atom is 0.216 e. The summed E-state index contributed by atoms with van der Waals surface area (Å²) in [6.45, 7) is 6.68. The van der Waals surface area contributed by atoms with Gasteiger partial charge in [-0.05, 0) is 39.3 Å². The first-order valence-electron chi connectivity index (χ1n) is 8.41. The maximum absolute atomic E-state index is 13.9. The molecule has 2 unspecified atom stereocenters. The molecule has 5 nitrogen and oxygen atoms in total. The molecule has 1 saturated carbocycles. The zero-order valence-electron chi connectivity index (χ0n) is 14.6. The van der Waals surface area contributed by atoms with Gasteiger partial charge in [0.1, 0.15) is 23.9 Å². The van der Waals surface area contributed by atoms with Gasteiger partial charge in [-0.3, -0.25) is 0 Å². The van der Waals surface area contributed by atoms with Gasteiger partial charge in [0.25, 0.3) is 0 Å². The van der Waals surface area contributed by atoms with Crippen molar-refractivity contribution >= 4 is 5.96 Å². The van der Waals surface area contributed by atoms with Gasteiger partial charge in [0.15, 0.2) is 5.96 Å². The van der Waals surface area contributed by atoms with Gasteiger partial charge in [0, 0.05) is 24.1 Å². The number of aliphatic imine (C=N–C) groups is 1. The van der Waals surface area contributed by atoms with Crippen molar-refractivity contribution in [3.63, 3.8) is 0 Å². The van der Waals surface area contributed by atoms with E-state index >= 15 is 0 Å². The topological polar surface area (TPSA) is 62.5 Å². The lowest BCUT2D eigenvalue weighted by molar-refractivity contribution is 0.472. The Morgan fingerprint density at radius 3 is 2.64 bits per heavy atom. The third kappa shape index (κ3) is 3.97. The Kier molecular flexibility index (Phi) is 5.01. The average molecular weight is 348 g/mol. The van der Waals surface area contributed by atoms with Crippen molar-refractivity contribution in [2.45, 2.75) is 45.7 Å². The summed E-state index contributed by atoms with van der Waals surface area (Å²) < 4.78 is 33.3. The first-order valence-corrected chi connectivity index (χ1v) is 8.41. The Hall–Kier alpha value is -2.44. The number of hydrogen-bond acceptors (Lipinski definition) is 3. The number of rotatable bonds is 5. The highest BCUT2D eigenvalue weighted by molar-refractivity contribution is 5.80. The lowest BCUT2D eigenvalue weighted by Gasteiger charge is -2.11. The van der Waals surface area contributed by atoms with Gasteiger partial charge in [0.2, 0.25) is 5.89 Å². The molecule has 0 spiro atoms. The summed E-state index contributed by atoms with van der Waals surface area (Å²) in [6.07, 6.45) is 0.666. The van der Waals surface area contributed by atoms with Crippen LogP contribution < -0.4 is 10.6 Å². The second-order valence-electron chi connectivity index (χ2n) is 6.17. The van der Waals surface area contributed by atoms with Gasteiger partial charge in [-0.2, -0.15) is 0 Å². The van der Waals surface area contributed by atoms with E-state index in [1.165, 1.54) is 18.2 Å². The van der Waals surface area contributed by atoms with Crippen molar-refractivity contribution in [2.24, 2.45) is 4.99 Å². The van der Waals surface area contributed by atoms with Crippen LogP contribution in [0.4, 0.5) is 8.78 Å². The first-order chi connectivity index (χ1) is 12.0. The lowest BCUT2D eigenvalue weighted by Crippen LogP contribution is -2.39. The molecule has 1 heterocycles. The predicted octanol–water partition coefficient (Wildman–Crippen LogP) is 3.18. The molecule has 2 atom stereocenters. The number of benzene rings is 1. The average Bonchev–Trinajstić information content (AvgIpc) is 3.22. The highest BCUT2D eigenvalue weighted by Crippen LogP contribution is 2.43. The molecule has 134 valence electrons. The van der Waals surface area contributed by atoms with E-state index in [2.05, 4.69) is 20.6 Å². The number of nitrogens with one attached hydrogen (secondary N) is 2. The fourth-order valence-corrected chi connectivity index (χ4v) is 2.79. The van der Waals surface area contributed by atoms with E-state index in [0.717, 1.165) is 11.5 Å². The molecule has 1 fully saturated rings. The van der Waals surface area contributed by atoms with Crippen LogP contribution in [0.25, 0.3) is 0 Å². The minimum Gasteiger partial charge on any atom is -0.444 e. The van der Waals surface area contributed by atoms with E-state index in [-0.39, 0.29) is 17.5 Å². The molecule has 3 rings (SSSR count). The quantitative estimate of drug-likeness (QED) is 0.643. The normalized spacial score (nSPS) is 19.8. The second kappa shape index (κ2) is 7.21. The Balaban J connectivity index is 1.66. The Morgan fingerprint density at radius 1 is 1.32 bits per heavy atom. The summed E-state index contributed by atoms with van der Waals surface area (Å²) in [5.74, 6) is 0.723. The van der Waals surface area contributed by atoms with Crippen LogP contribution >= 0.6 is 0 Å². The fraction of sp³-hybridized carbons (Fsp3) is 0.444. The van der Waals surface area contributed by atoms with Crippen molar-refractivity contribution in [1.29, 1.82) is 0 Å². The number of halogens is 2. The second-order valence-corrected chi connectivity index (χ2v) is 6.17. The maximum atomic E-state index is 13.9.